The minimum absolute atomic E-state index is 0.0294. The van der Waals surface area contributed by atoms with Crippen LogP contribution in [0.3, 0.4) is 0 Å². The lowest BCUT2D eigenvalue weighted by Gasteiger charge is -2.31. The SMILES string of the molecule is Nc1ncnc2c1ncn2[C@@H]1O[C@H](CSCCN2CCC(NC(=O)O)CC2)[C@@H](O)[C@H]1O. The molecule has 0 spiro atoms. The van der Waals surface area contributed by atoms with Gasteiger partial charge in [-0.25, -0.2) is 19.7 Å². The Morgan fingerprint density at radius 1 is 1.26 bits per heavy atom. The average molecular weight is 454 g/mol. The summed E-state index contributed by atoms with van der Waals surface area (Å²) in [5, 5.41) is 32.3. The molecule has 1 amide bonds. The van der Waals surface area contributed by atoms with Crippen LogP contribution in [0.2, 0.25) is 0 Å². The van der Waals surface area contributed by atoms with Crippen molar-refractivity contribution in [2.24, 2.45) is 0 Å². The van der Waals surface area contributed by atoms with Gasteiger partial charge in [0.25, 0.3) is 0 Å². The second-order valence-corrected chi connectivity index (χ2v) is 8.92. The van der Waals surface area contributed by atoms with E-state index < -0.39 is 30.6 Å². The molecule has 6 N–H and O–H groups in total. The van der Waals surface area contributed by atoms with Crippen molar-refractivity contribution < 1.29 is 24.9 Å². The van der Waals surface area contributed by atoms with E-state index in [1.54, 1.807) is 16.3 Å². The molecule has 4 atom stereocenters. The number of carboxylic acid groups (broad SMARTS) is 1. The highest BCUT2D eigenvalue weighted by atomic mass is 32.2. The molecule has 0 bridgehead atoms. The van der Waals surface area contributed by atoms with E-state index in [2.05, 4.69) is 25.2 Å². The number of hydrogen-bond donors (Lipinski definition) is 5. The number of likely N-dealkylation sites (tertiary alicyclic amines) is 1. The van der Waals surface area contributed by atoms with Gasteiger partial charge in [-0.1, -0.05) is 0 Å². The molecule has 2 aromatic heterocycles. The van der Waals surface area contributed by atoms with Gasteiger partial charge in [-0.05, 0) is 12.8 Å². The van der Waals surface area contributed by atoms with Crippen molar-refractivity contribution in [3.63, 3.8) is 0 Å². The van der Waals surface area contributed by atoms with Gasteiger partial charge in [-0.15, -0.1) is 0 Å². The Bertz CT molecular complexity index is 907. The molecule has 4 heterocycles. The van der Waals surface area contributed by atoms with Crippen molar-refractivity contribution in [2.45, 2.75) is 43.4 Å². The Morgan fingerprint density at radius 2 is 2.03 bits per heavy atom. The molecule has 2 aliphatic rings. The largest absolute Gasteiger partial charge is 0.465 e. The first kappa shape index (κ1) is 22.0. The Hall–Kier alpha value is -2.19. The third kappa shape index (κ3) is 4.85. The van der Waals surface area contributed by atoms with Gasteiger partial charge in [0.1, 0.15) is 24.1 Å². The minimum Gasteiger partial charge on any atom is -0.465 e. The lowest BCUT2D eigenvalue weighted by atomic mass is 10.1. The summed E-state index contributed by atoms with van der Waals surface area (Å²) < 4.78 is 7.52. The number of rotatable bonds is 7. The lowest BCUT2D eigenvalue weighted by molar-refractivity contribution is -0.0289. The number of piperidine rings is 1. The van der Waals surface area contributed by atoms with Crippen LogP contribution >= 0.6 is 11.8 Å². The van der Waals surface area contributed by atoms with Crippen LogP contribution < -0.4 is 11.1 Å². The summed E-state index contributed by atoms with van der Waals surface area (Å²) in [6.07, 6.45) is -0.00964. The molecule has 0 unspecified atom stereocenters. The average Bonchev–Trinajstić information content (AvgIpc) is 3.29. The first-order chi connectivity index (χ1) is 14.9. The van der Waals surface area contributed by atoms with Crippen molar-refractivity contribution in [3.05, 3.63) is 12.7 Å². The van der Waals surface area contributed by atoms with E-state index in [1.807, 2.05) is 0 Å². The number of thioether (sulfide) groups is 1. The van der Waals surface area contributed by atoms with Gasteiger partial charge in [0.05, 0.1) is 12.4 Å². The molecule has 0 radical (unpaired) electrons. The number of ether oxygens (including phenoxy) is 1. The van der Waals surface area contributed by atoms with Gasteiger partial charge in [0, 0.05) is 37.2 Å². The molecule has 170 valence electrons. The van der Waals surface area contributed by atoms with E-state index in [4.69, 9.17) is 15.6 Å². The number of aromatic nitrogens is 4. The van der Waals surface area contributed by atoms with Gasteiger partial charge in [0.15, 0.2) is 17.7 Å². The van der Waals surface area contributed by atoms with E-state index >= 15 is 0 Å². The lowest BCUT2D eigenvalue weighted by Crippen LogP contribution is -2.44. The smallest absolute Gasteiger partial charge is 0.404 e. The van der Waals surface area contributed by atoms with Gasteiger partial charge >= 0.3 is 6.09 Å². The number of nitrogen functional groups attached to an aromatic ring is 1. The highest BCUT2D eigenvalue weighted by Crippen LogP contribution is 2.33. The number of anilines is 1. The second kappa shape index (κ2) is 9.53. The summed E-state index contributed by atoms with van der Waals surface area (Å²) in [7, 11) is 0. The molecule has 31 heavy (non-hydrogen) atoms. The molecular weight excluding hydrogens is 426 g/mol. The van der Waals surface area contributed by atoms with E-state index in [-0.39, 0.29) is 11.9 Å². The number of hydrogen-bond acceptors (Lipinski definition) is 10. The molecule has 0 aliphatic carbocycles. The third-order valence-electron chi connectivity index (χ3n) is 5.75. The molecule has 2 aliphatic heterocycles. The number of amides is 1. The maximum atomic E-state index is 10.7. The first-order valence-corrected chi connectivity index (χ1v) is 11.3. The fraction of sp³-hybridized carbons (Fsp3) is 0.667. The maximum Gasteiger partial charge on any atom is 0.404 e. The zero-order valence-corrected chi connectivity index (χ0v) is 17.7. The highest BCUT2D eigenvalue weighted by molar-refractivity contribution is 7.99. The summed E-state index contributed by atoms with van der Waals surface area (Å²) in [5.74, 6) is 1.63. The topological polar surface area (TPSA) is 172 Å². The van der Waals surface area contributed by atoms with E-state index in [9.17, 15) is 15.0 Å². The number of carbonyl (C=O) groups is 1. The van der Waals surface area contributed by atoms with Crippen molar-refractivity contribution in [2.75, 3.05) is 36.9 Å². The predicted molar refractivity (Wildman–Crippen MR) is 114 cm³/mol. The first-order valence-electron chi connectivity index (χ1n) is 10.2. The van der Waals surface area contributed by atoms with Crippen LogP contribution in [0.25, 0.3) is 11.2 Å². The third-order valence-corrected chi connectivity index (χ3v) is 6.78. The predicted octanol–water partition coefficient (Wildman–Crippen LogP) is -0.507. The van der Waals surface area contributed by atoms with E-state index in [0.29, 0.717) is 16.9 Å². The molecule has 12 nitrogen and oxygen atoms in total. The fourth-order valence-electron chi connectivity index (χ4n) is 4.02. The molecule has 0 aromatic carbocycles. The summed E-state index contributed by atoms with van der Waals surface area (Å²) in [6.45, 7) is 2.59. The van der Waals surface area contributed by atoms with Crippen molar-refractivity contribution >= 4 is 34.8 Å². The summed E-state index contributed by atoms with van der Waals surface area (Å²) in [5.41, 5.74) is 6.68. The Morgan fingerprint density at radius 3 is 2.77 bits per heavy atom. The van der Waals surface area contributed by atoms with Crippen LogP contribution in [-0.4, -0.2) is 101 Å². The van der Waals surface area contributed by atoms with Crippen LogP contribution in [-0.2, 0) is 4.74 Å². The van der Waals surface area contributed by atoms with Crippen LogP contribution in [0.1, 0.15) is 19.1 Å². The van der Waals surface area contributed by atoms with Gasteiger partial charge < -0.3 is 36.0 Å². The van der Waals surface area contributed by atoms with Crippen molar-refractivity contribution in [1.82, 2.24) is 29.7 Å². The van der Waals surface area contributed by atoms with Crippen LogP contribution in [0.15, 0.2) is 12.7 Å². The summed E-state index contributed by atoms with van der Waals surface area (Å²) in [4.78, 5) is 25.3. The Labute approximate surface area is 182 Å². The van der Waals surface area contributed by atoms with Gasteiger partial charge in [0.2, 0.25) is 0 Å². The summed E-state index contributed by atoms with van der Waals surface area (Å²) in [6, 6.07) is 0.0294. The Kier molecular flexibility index (Phi) is 6.77. The highest BCUT2D eigenvalue weighted by Gasteiger charge is 2.44. The van der Waals surface area contributed by atoms with Crippen LogP contribution in [0.4, 0.5) is 10.6 Å². The number of nitrogens with zero attached hydrogens (tertiary/aromatic N) is 5. The maximum absolute atomic E-state index is 10.7. The number of fused-ring (bicyclic) bond motifs is 1. The molecule has 0 saturated carbocycles. The Balaban J connectivity index is 1.25. The zero-order chi connectivity index (χ0) is 22.0. The van der Waals surface area contributed by atoms with Gasteiger partial charge in [-0.2, -0.15) is 11.8 Å². The summed E-state index contributed by atoms with van der Waals surface area (Å²) >= 11 is 1.65. The number of nitrogens with two attached hydrogens (primary N) is 1. The van der Waals surface area contributed by atoms with E-state index in [1.165, 1.54) is 12.7 Å². The standard InChI is InChI=1S/C18H27N7O5S/c19-15-12-16(21-8-20-15)25(9-22-12)17-14(27)13(26)11(30-17)7-31-6-5-24-3-1-10(2-4-24)23-18(28)29/h8-11,13-14,17,23,26-27H,1-7H2,(H,28,29)(H2,19,20,21)/t11-,13-,14-,17-/m1/s1. The monoisotopic (exact) mass is 453 g/mol. The normalized spacial score (nSPS) is 27.7. The zero-order valence-electron chi connectivity index (χ0n) is 16.9. The van der Waals surface area contributed by atoms with Crippen molar-refractivity contribution in [3.8, 4) is 0 Å². The number of aliphatic hydroxyl groups excluding tert-OH is 2. The van der Waals surface area contributed by atoms with Gasteiger partial charge in [-0.3, -0.25) is 4.57 Å². The number of imidazole rings is 1. The second-order valence-electron chi connectivity index (χ2n) is 7.77. The van der Waals surface area contributed by atoms with Crippen LogP contribution in [0, 0.1) is 0 Å². The number of nitrogens with one attached hydrogen (secondary N) is 1. The fourth-order valence-corrected chi connectivity index (χ4v) is 5.08. The molecular formula is C18H27N7O5S. The molecule has 2 fully saturated rings. The van der Waals surface area contributed by atoms with E-state index in [0.717, 1.165) is 38.2 Å². The van der Waals surface area contributed by atoms with Crippen molar-refractivity contribution in [1.29, 1.82) is 0 Å². The molecule has 13 heteroatoms. The molecule has 2 saturated heterocycles. The minimum atomic E-state index is -1.11. The number of aliphatic hydroxyl groups is 2. The molecule has 2 aromatic rings. The molecule has 4 rings (SSSR count). The van der Waals surface area contributed by atoms with Crippen LogP contribution in [0.5, 0.6) is 0 Å². The quantitative estimate of drug-likeness (QED) is 0.342.